The Morgan fingerprint density at radius 3 is 0.954 bits per heavy atom. The molecule has 0 aromatic carbocycles. The van der Waals surface area contributed by atoms with E-state index in [4.69, 9.17) is 14.2 Å². The second-order valence-corrected chi connectivity index (χ2v) is 18.1. The number of carbonyl (C=O) groups excluding carboxylic acids is 3. The van der Waals surface area contributed by atoms with Gasteiger partial charge in [0.2, 0.25) is 0 Å². The molecule has 0 rings (SSSR count). The summed E-state index contributed by atoms with van der Waals surface area (Å²) in [6.45, 7) is 6.54. The fraction of sp³-hybridized carbons (Fsp3) is 0.746. The fourth-order valence-corrected chi connectivity index (χ4v) is 7.50. The van der Waals surface area contributed by atoms with Gasteiger partial charge in [-0.15, -0.1) is 0 Å². The van der Waals surface area contributed by atoms with Gasteiger partial charge in [-0.2, -0.15) is 0 Å². The molecule has 6 nitrogen and oxygen atoms in total. The highest BCUT2D eigenvalue weighted by molar-refractivity contribution is 5.71. The zero-order chi connectivity index (χ0) is 47.2. The molecule has 1 atom stereocenters. The van der Waals surface area contributed by atoms with E-state index in [0.29, 0.717) is 19.3 Å². The standard InChI is InChI=1S/C59H102O6/c1-4-7-10-13-16-19-22-25-28-29-30-31-32-35-37-40-43-46-49-52-58(61)64-55-56(65-59(62)53-50-47-44-41-38-34-27-24-21-18-15-12-9-6-3)54-63-57(60)51-48-45-42-39-36-33-26-23-20-17-14-11-8-5-2/h15-16,18-19,24-25,27-28,30-31,35,37,56H,4-14,17,20-23,26,29,32-34,36,38-55H2,1-3H3/b18-15+,19-16+,27-24+,28-25+,31-30+,37-35+/t56-/m1/s1. The molecule has 65 heavy (non-hydrogen) atoms. The maximum absolute atomic E-state index is 12.8. The van der Waals surface area contributed by atoms with Crippen LogP contribution in [0.5, 0.6) is 0 Å². The summed E-state index contributed by atoms with van der Waals surface area (Å²) >= 11 is 0. The van der Waals surface area contributed by atoms with Crippen LogP contribution in [0.4, 0.5) is 0 Å². The minimum Gasteiger partial charge on any atom is -0.462 e. The largest absolute Gasteiger partial charge is 0.462 e. The fourth-order valence-electron chi connectivity index (χ4n) is 7.50. The molecule has 0 fully saturated rings. The lowest BCUT2D eigenvalue weighted by atomic mass is 10.0. The van der Waals surface area contributed by atoms with Gasteiger partial charge in [0.25, 0.3) is 0 Å². The van der Waals surface area contributed by atoms with Crippen LogP contribution in [0.1, 0.15) is 265 Å². The SMILES string of the molecule is CCCC/C=C/C/C=C/CCCCCCCC(=O)O[C@@H](COC(=O)CCCCC/C=C/C/C=C/C/C=C/C/C=C/CCCCC)COC(=O)CCCCCCCCCCCCCCCC. The first-order valence-electron chi connectivity index (χ1n) is 27.4. The summed E-state index contributed by atoms with van der Waals surface area (Å²) in [7, 11) is 0. The Bertz CT molecular complexity index is 1230. The molecule has 0 aliphatic heterocycles. The van der Waals surface area contributed by atoms with Crippen molar-refractivity contribution in [2.24, 2.45) is 0 Å². The highest BCUT2D eigenvalue weighted by Gasteiger charge is 2.19. The Labute approximate surface area is 402 Å². The zero-order valence-electron chi connectivity index (χ0n) is 42.7. The molecule has 0 aromatic heterocycles. The minimum atomic E-state index is -0.794. The first kappa shape index (κ1) is 61.9. The smallest absolute Gasteiger partial charge is 0.306 e. The molecule has 0 bridgehead atoms. The minimum absolute atomic E-state index is 0.0897. The number of carbonyl (C=O) groups is 3. The maximum atomic E-state index is 12.8. The van der Waals surface area contributed by atoms with Crippen molar-refractivity contribution < 1.29 is 28.6 Å². The molecule has 374 valence electrons. The second kappa shape index (κ2) is 53.5. The Kier molecular flexibility index (Phi) is 50.9. The lowest BCUT2D eigenvalue weighted by Crippen LogP contribution is -2.30. The van der Waals surface area contributed by atoms with E-state index in [-0.39, 0.29) is 31.1 Å². The molecule has 0 aromatic rings. The number of hydrogen-bond acceptors (Lipinski definition) is 6. The van der Waals surface area contributed by atoms with Crippen molar-refractivity contribution in [1.29, 1.82) is 0 Å². The summed E-state index contributed by atoms with van der Waals surface area (Å²) in [4.78, 5) is 38.1. The van der Waals surface area contributed by atoms with Gasteiger partial charge in [0.15, 0.2) is 6.10 Å². The van der Waals surface area contributed by atoms with E-state index in [2.05, 4.69) is 93.7 Å². The molecule has 0 N–H and O–H groups in total. The summed E-state index contributed by atoms with van der Waals surface area (Å²) < 4.78 is 16.8. The van der Waals surface area contributed by atoms with E-state index >= 15 is 0 Å². The summed E-state index contributed by atoms with van der Waals surface area (Å²) in [5.74, 6) is -0.930. The van der Waals surface area contributed by atoms with Crippen LogP contribution >= 0.6 is 0 Å². The second-order valence-electron chi connectivity index (χ2n) is 18.1. The number of unbranched alkanes of at least 4 members (excludes halogenated alkanes) is 26. The van der Waals surface area contributed by atoms with Crippen LogP contribution in [-0.4, -0.2) is 37.2 Å². The highest BCUT2D eigenvalue weighted by Crippen LogP contribution is 2.15. The third-order valence-corrected chi connectivity index (χ3v) is 11.7. The van der Waals surface area contributed by atoms with Gasteiger partial charge in [-0.25, -0.2) is 0 Å². The first-order valence-corrected chi connectivity index (χ1v) is 27.4. The van der Waals surface area contributed by atoms with E-state index in [1.54, 1.807) is 0 Å². The Morgan fingerprint density at radius 2 is 0.569 bits per heavy atom. The van der Waals surface area contributed by atoms with Crippen molar-refractivity contribution in [2.45, 2.75) is 271 Å². The van der Waals surface area contributed by atoms with Crippen LogP contribution in [0.25, 0.3) is 0 Å². The average molecular weight is 907 g/mol. The Hall–Kier alpha value is -3.15. The molecule has 0 amide bonds. The number of esters is 3. The highest BCUT2D eigenvalue weighted by atomic mass is 16.6. The lowest BCUT2D eigenvalue weighted by Gasteiger charge is -2.18. The van der Waals surface area contributed by atoms with Gasteiger partial charge >= 0.3 is 17.9 Å². The third kappa shape index (κ3) is 51.7. The maximum Gasteiger partial charge on any atom is 0.306 e. The van der Waals surface area contributed by atoms with Crippen LogP contribution in [0.15, 0.2) is 72.9 Å². The van der Waals surface area contributed by atoms with Crippen molar-refractivity contribution in [3.05, 3.63) is 72.9 Å². The predicted molar refractivity (Wildman–Crippen MR) is 279 cm³/mol. The van der Waals surface area contributed by atoms with Gasteiger partial charge in [0.05, 0.1) is 0 Å². The molecule has 0 aliphatic carbocycles. The molecule has 0 unspecified atom stereocenters. The quantitative estimate of drug-likeness (QED) is 0.0262. The van der Waals surface area contributed by atoms with Gasteiger partial charge < -0.3 is 14.2 Å². The van der Waals surface area contributed by atoms with E-state index in [9.17, 15) is 14.4 Å². The topological polar surface area (TPSA) is 78.9 Å². The molecule has 0 radical (unpaired) electrons. The van der Waals surface area contributed by atoms with Gasteiger partial charge in [-0.3, -0.25) is 14.4 Å². The van der Waals surface area contributed by atoms with Crippen LogP contribution in [0, 0.1) is 0 Å². The monoisotopic (exact) mass is 907 g/mol. The number of rotatable bonds is 49. The lowest BCUT2D eigenvalue weighted by molar-refractivity contribution is -0.167. The van der Waals surface area contributed by atoms with Crippen molar-refractivity contribution in [3.8, 4) is 0 Å². The predicted octanol–water partition coefficient (Wildman–Crippen LogP) is 18.2. The molecular formula is C59H102O6. The van der Waals surface area contributed by atoms with E-state index < -0.39 is 6.10 Å². The summed E-state index contributed by atoms with van der Waals surface area (Å²) in [6.07, 6.45) is 67.4. The summed E-state index contributed by atoms with van der Waals surface area (Å²) in [6, 6.07) is 0. The van der Waals surface area contributed by atoms with Gasteiger partial charge in [0.1, 0.15) is 13.2 Å². The average Bonchev–Trinajstić information content (AvgIpc) is 3.30. The van der Waals surface area contributed by atoms with Gasteiger partial charge in [-0.05, 0) is 89.9 Å². The summed E-state index contributed by atoms with van der Waals surface area (Å²) in [5.41, 5.74) is 0. The van der Waals surface area contributed by atoms with Crippen LogP contribution < -0.4 is 0 Å². The molecule has 0 spiro atoms. The van der Waals surface area contributed by atoms with Crippen molar-refractivity contribution in [2.75, 3.05) is 13.2 Å². The Morgan fingerprint density at radius 1 is 0.308 bits per heavy atom. The van der Waals surface area contributed by atoms with Crippen molar-refractivity contribution >= 4 is 17.9 Å². The zero-order valence-corrected chi connectivity index (χ0v) is 42.7. The van der Waals surface area contributed by atoms with E-state index in [0.717, 1.165) is 109 Å². The molecule has 0 saturated carbocycles. The molecule has 0 heterocycles. The van der Waals surface area contributed by atoms with Crippen LogP contribution in [-0.2, 0) is 28.6 Å². The third-order valence-electron chi connectivity index (χ3n) is 11.7. The number of ether oxygens (including phenoxy) is 3. The van der Waals surface area contributed by atoms with Crippen LogP contribution in [0.2, 0.25) is 0 Å². The molecular weight excluding hydrogens is 805 g/mol. The van der Waals surface area contributed by atoms with Gasteiger partial charge in [-0.1, -0.05) is 229 Å². The number of hydrogen-bond donors (Lipinski definition) is 0. The normalized spacial score (nSPS) is 12.6. The first-order chi connectivity index (χ1) is 32.0. The number of allylic oxidation sites excluding steroid dienone is 12. The van der Waals surface area contributed by atoms with Crippen LogP contribution in [0.3, 0.4) is 0 Å². The molecule has 0 saturated heterocycles. The van der Waals surface area contributed by atoms with Crippen molar-refractivity contribution in [3.63, 3.8) is 0 Å². The van der Waals surface area contributed by atoms with E-state index in [1.165, 1.54) is 116 Å². The van der Waals surface area contributed by atoms with Gasteiger partial charge in [0, 0.05) is 19.3 Å². The van der Waals surface area contributed by atoms with Crippen molar-refractivity contribution in [1.82, 2.24) is 0 Å². The van der Waals surface area contributed by atoms with E-state index in [1.807, 2.05) is 0 Å². The molecule has 0 aliphatic rings. The Balaban J connectivity index is 4.44. The summed E-state index contributed by atoms with van der Waals surface area (Å²) in [5, 5.41) is 0. The molecule has 6 heteroatoms.